The van der Waals surface area contributed by atoms with Crippen molar-refractivity contribution in [1.29, 1.82) is 0 Å². The van der Waals surface area contributed by atoms with Crippen LogP contribution in [0.1, 0.15) is 5.56 Å². The lowest BCUT2D eigenvalue weighted by Crippen LogP contribution is -2.36. The number of fused-ring (bicyclic) bond motifs is 1. The largest absolute Gasteiger partial charge is 0.423 e. The van der Waals surface area contributed by atoms with Crippen LogP contribution in [0, 0.1) is 6.92 Å². The molecule has 6 nitrogen and oxygen atoms in total. The molecular formula is C21H18BrN3O3. The molecule has 4 aromatic rings. The molecule has 0 aliphatic carbocycles. The smallest absolute Gasteiger partial charge is 0.333 e. The molecule has 0 radical (unpaired) electrons. The molecule has 2 heterocycles. The van der Waals surface area contributed by atoms with Crippen LogP contribution in [-0.4, -0.2) is 9.13 Å². The maximum atomic E-state index is 12.9. The summed E-state index contributed by atoms with van der Waals surface area (Å²) in [6, 6.07) is 15.4. The van der Waals surface area contributed by atoms with E-state index in [9.17, 15) is 9.59 Å². The number of nitrogens with one attached hydrogen (secondary N) is 1. The number of hydrogen-bond acceptors (Lipinski definition) is 4. The summed E-state index contributed by atoms with van der Waals surface area (Å²) in [5.74, 6) is 0.421. The molecule has 0 saturated heterocycles. The number of halogens is 1. The third kappa shape index (κ3) is 2.88. The zero-order valence-electron chi connectivity index (χ0n) is 15.6. The van der Waals surface area contributed by atoms with Gasteiger partial charge in [0, 0.05) is 24.3 Å². The van der Waals surface area contributed by atoms with Crippen molar-refractivity contribution < 1.29 is 4.42 Å². The summed E-state index contributed by atoms with van der Waals surface area (Å²) in [6.45, 7) is 1.99. The lowest BCUT2D eigenvalue weighted by atomic mass is 10.1. The van der Waals surface area contributed by atoms with Gasteiger partial charge in [0.15, 0.2) is 0 Å². The summed E-state index contributed by atoms with van der Waals surface area (Å²) < 4.78 is 9.39. The topological polar surface area (TPSA) is 69.2 Å². The Labute approximate surface area is 169 Å². The van der Waals surface area contributed by atoms with Gasteiger partial charge >= 0.3 is 5.69 Å². The van der Waals surface area contributed by atoms with Gasteiger partial charge < -0.3 is 9.73 Å². The van der Waals surface area contributed by atoms with Crippen molar-refractivity contribution in [2.24, 2.45) is 14.1 Å². The van der Waals surface area contributed by atoms with Crippen LogP contribution in [0.5, 0.6) is 0 Å². The predicted octanol–water partition coefficient (Wildman–Crippen LogP) is 4.31. The maximum Gasteiger partial charge on any atom is 0.333 e. The highest BCUT2D eigenvalue weighted by Gasteiger charge is 2.23. The van der Waals surface area contributed by atoms with Crippen molar-refractivity contribution in [2.75, 3.05) is 5.32 Å². The van der Waals surface area contributed by atoms with E-state index < -0.39 is 11.2 Å². The Kier molecular flexibility index (Phi) is 4.47. The quantitative estimate of drug-likeness (QED) is 0.516. The average molecular weight is 440 g/mol. The Bertz CT molecular complexity index is 1310. The van der Waals surface area contributed by atoms with E-state index in [4.69, 9.17) is 4.42 Å². The first-order valence-corrected chi connectivity index (χ1v) is 9.49. The zero-order valence-corrected chi connectivity index (χ0v) is 17.2. The molecule has 0 spiro atoms. The molecule has 0 aliphatic rings. The predicted molar refractivity (Wildman–Crippen MR) is 114 cm³/mol. The fourth-order valence-corrected chi connectivity index (χ4v) is 3.50. The van der Waals surface area contributed by atoms with Crippen LogP contribution in [0.15, 0.2) is 67.0 Å². The van der Waals surface area contributed by atoms with Crippen molar-refractivity contribution in [3.8, 4) is 11.1 Å². The third-order valence-electron chi connectivity index (χ3n) is 4.81. The van der Waals surface area contributed by atoms with Crippen molar-refractivity contribution in [2.45, 2.75) is 6.92 Å². The zero-order chi connectivity index (χ0) is 20.0. The summed E-state index contributed by atoms with van der Waals surface area (Å²) in [5, 5.41) is 3.66. The number of aromatic nitrogens is 2. The Hall–Kier alpha value is -3.06. The molecule has 0 atom stereocenters. The van der Waals surface area contributed by atoms with Gasteiger partial charge in [-0.3, -0.25) is 13.9 Å². The number of furan rings is 1. The van der Waals surface area contributed by atoms with Gasteiger partial charge in [-0.05, 0) is 36.2 Å². The van der Waals surface area contributed by atoms with Gasteiger partial charge in [-0.1, -0.05) is 46.3 Å². The first kappa shape index (κ1) is 18.3. The number of benzene rings is 2. The van der Waals surface area contributed by atoms with Crippen LogP contribution in [0.4, 0.5) is 11.6 Å². The van der Waals surface area contributed by atoms with Crippen LogP contribution < -0.4 is 16.6 Å². The van der Waals surface area contributed by atoms with Gasteiger partial charge in [-0.2, -0.15) is 0 Å². The summed E-state index contributed by atoms with van der Waals surface area (Å²) in [7, 11) is 3.06. The number of para-hydroxylation sites is 1. The van der Waals surface area contributed by atoms with Gasteiger partial charge in [0.2, 0.25) is 11.6 Å². The second kappa shape index (κ2) is 6.83. The van der Waals surface area contributed by atoms with Crippen LogP contribution in [-0.2, 0) is 14.1 Å². The molecule has 142 valence electrons. The first-order chi connectivity index (χ1) is 13.4. The highest BCUT2D eigenvalue weighted by atomic mass is 79.9. The molecule has 1 N–H and O–H groups in total. The number of anilines is 2. The van der Waals surface area contributed by atoms with Crippen LogP contribution in [0.25, 0.3) is 22.2 Å². The number of hydrogen-bond donors (Lipinski definition) is 1. The number of aryl methyl sites for hydroxylation is 2. The summed E-state index contributed by atoms with van der Waals surface area (Å²) in [5.41, 5.74) is 2.75. The Morgan fingerprint density at radius 3 is 2.32 bits per heavy atom. The van der Waals surface area contributed by atoms with Gasteiger partial charge in [-0.25, -0.2) is 4.79 Å². The lowest BCUT2D eigenvalue weighted by molar-refractivity contribution is 0.577. The van der Waals surface area contributed by atoms with Crippen molar-refractivity contribution in [3.05, 3.63) is 79.4 Å². The van der Waals surface area contributed by atoms with Crippen LogP contribution in [0.3, 0.4) is 0 Å². The van der Waals surface area contributed by atoms with Crippen LogP contribution >= 0.6 is 15.9 Å². The minimum absolute atomic E-state index is 0.238. The second-order valence-electron chi connectivity index (χ2n) is 6.64. The Morgan fingerprint density at radius 1 is 0.964 bits per heavy atom. The fraction of sp³-hybridized carbons (Fsp3) is 0.143. The van der Waals surface area contributed by atoms with E-state index in [1.807, 2.05) is 55.5 Å². The van der Waals surface area contributed by atoms with Gasteiger partial charge in [0.05, 0.1) is 5.56 Å². The molecule has 0 aliphatic heterocycles. The number of rotatable bonds is 3. The number of nitrogens with zero attached hydrogens (tertiary/aromatic N) is 2. The minimum Gasteiger partial charge on any atom is -0.423 e. The normalized spacial score (nSPS) is 11.1. The fourth-order valence-electron chi connectivity index (χ4n) is 3.24. The van der Waals surface area contributed by atoms with Gasteiger partial charge in [0.25, 0.3) is 5.56 Å². The molecule has 4 rings (SSSR count). The summed E-state index contributed by atoms with van der Waals surface area (Å²) in [6.07, 6.45) is 0. The van der Waals surface area contributed by atoms with E-state index in [0.717, 1.165) is 25.9 Å². The van der Waals surface area contributed by atoms with E-state index in [1.165, 1.54) is 11.6 Å². The molecule has 0 saturated carbocycles. The standard InChI is InChI=1S/C21H18BrN3O3/c1-12-6-4-5-7-15(12)23-18-16(13-8-10-14(22)11-9-13)17-19(26)24(2)21(27)25(3)20(17)28-18/h4-11,23H,1-3H3. The average Bonchev–Trinajstić information content (AvgIpc) is 3.06. The van der Waals surface area contributed by atoms with Crippen molar-refractivity contribution in [1.82, 2.24) is 9.13 Å². The third-order valence-corrected chi connectivity index (χ3v) is 5.34. The molecule has 0 fully saturated rings. The van der Waals surface area contributed by atoms with E-state index in [2.05, 4.69) is 21.2 Å². The molecule has 7 heteroatoms. The van der Waals surface area contributed by atoms with E-state index in [1.54, 1.807) is 7.05 Å². The van der Waals surface area contributed by atoms with E-state index in [0.29, 0.717) is 16.8 Å². The van der Waals surface area contributed by atoms with Gasteiger partial charge in [-0.15, -0.1) is 0 Å². The molecule has 0 amide bonds. The molecule has 28 heavy (non-hydrogen) atoms. The summed E-state index contributed by atoms with van der Waals surface area (Å²) >= 11 is 3.44. The first-order valence-electron chi connectivity index (χ1n) is 8.69. The van der Waals surface area contributed by atoms with Crippen molar-refractivity contribution in [3.63, 3.8) is 0 Å². The van der Waals surface area contributed by atoms with Crippen molar-refractivity contribution >= 4 is 38.6 Å². The molecule has 2 aromatic heterocycles. The minimum atomic E-state index is -0.434. The van der Waals surface area contributed by atoms with E-state index in [-0.39, 0.29) is 5.71 Å². The van der Waals surface area contributed by atoms with Gasteiger partial charge in [0.1, 0.15) is 5.39 Å². The molecule has 2 aromatic carbocycles. The highest BCUT2D eigenvalue weighted by molar-refractivity contribution is 9.10. The maximum absolute atomic E-state index is 12.9. The van der Waals surface area contributed by atoms with Crippen LogP contribution in [0.2, 0.25) is 0 Å². The molecule has 0 bridgehead atoms. The lowest BCUT2D eigenvalue weighted by Gasteiger charge is -2.09. The molecule has 0 unspecified atom stereocenters. The molecular weight excluding hydrogens is 422 g/mol. The highest BCUT2D eigenvalue weighted by Crippen LogP contribution is 2.38. The Balaban J connectivity index is 2.08. The SMILES string of the molecule is Cc1ccccc1Nc1oc2c(c1-c1ccc(Br)cc1)c(=O)n(C)c(=O)n2C. The Morgan fingerprint density at radius 2 is 1.64 bits per heavy atom. The monoisotopic (exact) mass is 439 g/mol. The van der Waals surface area contributed by atoms with E-state index >= 15 is 0 Å². The summed E-state index contributed by atoms with van der Waals surface area (Å²) in [4.78, 5) is 25.3. The second-order valence-corrected chi connectivity index (χ2v) is 7.55.